The van der Waals surface area contributed by atoms with Crippen molar-refractivity contribution in [3.63, 3.8) is 0 Å². The zero-order valence-electron chi connectivity index (χ0n) is 38.3. The van der Waals surface area contributed by atoms with E-state index >= 15 is 0 Å². The van der Waals surface area contributed by atoms with Gasteiger partial charge in [0.2, 0.25) is 6.71 Å². The molecule has 64 heavy (non-hydrogen) atoms. The molecule has 0 saturated heterocycles. The van der Waals surface area contributed by atoms with Crippen LogP contribution in [0.4, 0.5) is 5.69 Å². The molecule has 4 heterocycles. The van der Waals surface area contributed by atoms with Gasteiger partial charge in [-0.2, -0.15) is 5.10 Å². The summed E-state index contributed by atoms with van der Waals surface area (Å²) in [6, 6.07) is 50.6. The Labute approximate surface area is 378 Å². The van der Waals surface area contributed by atoms with Crippen LogP contribution in [0.15, 0.2) is 152 Å². The minimum atomic E-state index is -0.314. The van der Waals surface area contributed by atoms with Crippen LogP contribution in [-0.2, 0) is 10.8 Å². The number of benzene rings is 7. The number of rotatable bonds is 5. The maximum Gasteiger partial charge on any atom is 0.250 e. The van der Waals surface area contributed by atoms with E-state index in [2.05, 4.69) is 202 Å². The predicted molar refractivity (Wildman–Crippen MR) is 273 cm³/mol. The van der Waals surface area contributed by atoms with Gasteiger partial charge < -0.3 is 5.43 Å². The molecule has 0 spiro atoms. The van der Waals surface area contributed by atoms with Crippen molar-refractivity contribution in [2.75, 3.05) is 12.5 Å². The fourth-order valence-corrected chi connectivity index (χ4v) is 11.9. The first kappa shape index (κ1) is 40.1. The van der Waals surface area contributed by atoms with Crippen molar-refractivity contribution >= 4 is 45.3 Å². The number of hydrogen-bond acceptors (Lipinski definition) is 3. The van der Waals surface area contributed by atoms with Gasteiger partial charge in [0.05, 0.1) is 11.2 Å². The first-order valence-corrected chi connectivity index (χ1v) is 23.2. The Morgan fingerprint density at radius 1 is 0.609 bits per heavy atom. The van der Waals surface area contributed by atoms with E-state index in [9.17, 15) is 0 Å². The number of fused-ring (bicyclic) bond motifs is 5. The molecule has 2 bridgehead atoms. The van der Waals surface area contributed by atoms with Crippen molar-refractivity contribution < 1.29 is 0 Å². The first-order valence-electron chi connectivity index (χ1n) is 23.2. The molecule has 0 saturated carbocycles. The molecule has 5 aliphatic rings. The van der Waals surface area contributed by atoms with E-state index in [1.807, 2.05) is 20.9 Å². The van der Waals surface area contributed by atoms with Crippen LogP contribution in [0.25, 0.3) is 66.8 Å². The minimum Gasteiger partial charge on any atom is -0.322 e. The SMILES string of the molecule is CC.CNNc1c2ccc(c1C)C(C)(C)c1ccccc1-c1cc(-c3c(C4=CCCC=C4)cccc3-c3ccccc3)cc3c1B2c1ccc2c4c(nn-3c14)-c1ccccc1C2(C)C. The lowest BCUT2D eigenvalue weighted by molar-refractivity contribution is 0.638. The molecule has 8 aromatic rings. The molecule has 1 aromatic heterocycles. The van der Waals surface area contributed by atoms with E-state index in [0.717, 1.165) is 29.9 Å². The maximum absolute atomic E-state index is 5.79. The lowest BCUT2D eigenvalue weighted by Crippen LogP contribution is -2.58. The molecule has 13 rings (SSSR count). The highest BCUT2D eigenvalue weighted by Crippen LogP contribution is 2.51. The van der Waals surface area contributed by atoms with Crippen molar-refractivity contribution in [2.24, 2.45) is 0 Å². The second-order valence-electron chi connectivity index (χ2n) is 18.7. The Morgan fingerprint density at radius 3 is 2.02 bits per heavy atom. The molecule has 7 aromatic carbocycles. The summed E-state index contributed by atoms with van der Waals surface area (Å²) in [6.45, 7) is 15.8. The fraction of sp³-hybridized carbons (Fsp3) is 0.203. The number of nitrogens with one attached hydrogen (secondary N) is 2. The zero-order chi connectivity index (χ0) is 44.1. The first-order chi connectivity index (χ1) is 31.2. The summed E-state index contributed by atoms with van der Waals surface area (Å²) >= 11 is 0. The van der Waals surface area contributed by atoms with Crippen LogP contribution >= 0.6 is 0 Å². The van der Waals surface area contributed by atoms with Crippen molar-refractivity contribution in [3.8, 4) is 50.3 Å². The van der Waals surface area contributed by atoms with E-state index in [1.54, 1.807) is 0 Å². The molecule has 2 N–H and O–H groups in total. The molecular formula is C59H55BN4. The number of nitrogens with zero attached hydrogens (tertiary/aromatic N) is 2. The van der Waals surface area contributed by atoms with Crippen LogP contribution in [0.1, 0.15) is 87.8 Å². The summed E-state index contributed by atoms with van der Waals surface area (Å²) in [4.78, 5) is 0. The molecule has 0 fully saturated rings. The Hall–Kier alpha value is -6.69. The largest absolute Gasteiger partial charge is 0.322 e. The highest BCUT2D eigenvalue weighted by Gasteiger charge is 2.44. The zero-order valence-corrected chi connectivity index (χ0v) is 38.3. The molecule has 5 heteroatoms. The van der Waals surface area contributed by atoms with Crippen LogP contribution in [0.2, 0.25) is 0 Å². The van der Waals surface area contributed by atoms with Gasteiger partial charge in [-0.05, 0) is 121 Å². The van der Waals surface area contributed by atoms with Crippen molar-refractivity contribution in [1.29, 1.82) is 0 Å². The molecule has 314 valence electrons. The highest BCUT2D eigenvalue weighted by atomic mass is 15.3. The molecule has 0 radical (unpaired) electrons. The van der Waals surface area contributed by atoms with E-state index in [4.69, 9.17) is 5.10 Å². The summed E-state index contributed by atoms with van der Waals surface area (Å²) in [6.07, 6.45) is 9.18. The highest BCUT2D eigenvalue weighted by molar-refractivity contribution is 6.99. The minimum absolute atomic E-state index is 0.0916. The number of hydrogen-bond donors (Lipinski definition) is 2. The monoisotopic (exact) mass is 830 g/mol. The third-order valence-electron chi connectivity index (χ3n) is 14.7. The standard InChI is InChI=1S/C57H49BN4.C2H6/c1-34-43-28-30-47(53(34)60-59-6)58-48-31-29-46-51-54(41-23-14-16-27-45(41)57(46,4)5)61-62(55(48)51)49-33-37(32-42(52(49)58)40-22-13-15-26-44(40)56(43,2)3)50-38(35-18-9-7-10-19-35)24-17-25-39(50)36-20-11-8-12-21-36;1-2/h7,9-11,13-33,59-60H,8,12H2,1-6H3;1-2H3. The average molecular weight is 831 g/mol. The van der Waals surface area contributed by atoms with Crippen molar-refractivity contribution in [1.82, 2.24) is 15.2 Å². The van der Waals surface area contributed by atoms with Gasteiger partial charge in [-0.15, -0.1) is 0 Å². The number of aromatic nitrogens is 2. The van der Waals surface area contributed by atoms with Crippen LogP contribution in [0, 0.1) is 6.92 Å². The second kappa shape index (κ2) is 15.0. The Kier molecular flexibility index (Phi) is 9.38. The molecule has 0 atom stereocenters. The van der Waals surface area contributed by atoms with Gasteiger partial charge in [0.1, 0.15) is 5.69 Å². The van der Waals surface area contributed by atoms with Gasteiger partial charge >= 0.3 is 0 Å². The normalized spacial score (nSPS) is 15.4. The number of hydrazine groups is 1. The van der Waals surface area contributed by atoms with E-state index in [-0.39, 0.29) is 17.5 Å². The van der Waals surface area contributed by atoms with Crippen LogP contribution in [-0.4, -0.2) is 23.5 Å². The number of allylic oxidation sites excluding steroid dienone is 4. The van der Waals surface area contributed by atoms with Gasteiger partial charge in [0.25, 0.3) is 0 Å². The average Bonchev–Trinajstić information content (AvgIpc) is 3.74. The summed E-state index contributed by atoms with van der Waals surface area (Å²) in [7, 11) is 1.98. The third-order valence-corrected chi connectivity index (χ3v) is 14.7. The second-order valence-corrected chi connectivity index (χ2v) is 18.7. The van der Waals surface area contributed by atoms with Crippen LogP contribution in [0.3, 0.4) is 0 Å². The van der Waals surface area contributed by atoms with E-state index in [0.29, 0.717) is 0 Å². The van der Waals surface area contributed by atoms with Crippen LogP contribution in [0.5, 0.6) is 0 Å². The quantitative estimate of drug-likeness (QED) is 0.134. The van der Waals surface area contributed by atoms with E-state index in [1.165, 1.54) is 105 Å². The van der Waals surface area contributed by atoms with Crippen molar-refractivity contribution in [3.05, 3.63) is 185 Å². The van der Waals surface area contributed by atoms with Gasteiger partial charge in [-0.1, -0.05) is 181 Å². The Balaban J connectivity index is 0.00000225. The van der Waals surface area contributed by atoms with Crippen LogP contribution < -0.4 is 27.2 Å². The molecular weight excluding hydrogens is 775 g/mol. The van der Waals surface area contributed by atoms with E-state index < -0.39 is 0 Å². The maximum atomic E-state index is 5.79. The van der Waals surface area contributed by atoms with Gasteiger partial charge in [-0.25, -0.2) is 10.1 Å². The smallest absolute Gasteiger partial charge is 0.250 e. The van der Waals surface area contributed by atoms with Gasteiger partial charge in [0.15, 0.2) is 0 Å². The number of anilines is 1. The molecule has 3 aliphatic heterocycles. The summed E-state index contributed by atoms with van der Waals surface area (Å²) in [5.74, 6) is 0. The molecule has 0 amide bonds. The third kappa shape index (κ3) is 5.63. The summed E-state index contributed by atoms with van der Waals surface area (Å²) in [5, 5.41) is 7.06. The molecule has 2 aliphatic carbocycles. The lowest BCUT2D eigenvalue weighted by Gasteiger charge is -2.37. The fourth-order valence-electron chi connectivity index (χ4n) is 11.9. The molecule has 0 unspecified atom stereocenters. The Bertz CT molecular complexity index is 3270. The van der Waals surface area contributed by atoms with Gasteiger partial charge in [-0.3, -0.25) is 0 Å². The topological polar surface area (TPSA) is 41.9 Å². The Morgan fingerprint density at radius 2 is 1.27 bits per heavy atom. The molecule has 4 nitrogen and oxygen atoms in total. The van der Waals surface area contributed by atoms with Crippen molar-refractivity contribution in [2.45, 2.75) is 72.1 Å². The predicted octanol–water partition coefficient (Wildman–Crippen LogP) is 12.4. The van der Waals surface area contributed by atoms with Gasteiger partial charge in [0, 0.05) is 34.5 Å². The lowest BCUT2D eigenvalue weighted by atomic mass is 9.33. The summed E-state index contributed by atoms with van der Waals surface area (Å²) in [5.41, 5.74) is 32.6. The summed E-state index contributed by atoms with van der Waals surface area (Å²) < 4.78 is 2.34.